The van der Waals surface area contributed by atoms with Crippen molar-refractivity contribution in [3.63, 3.8) is 0 Å². The maximum Gasteiger partial charge on any atom is 0.0433 e. The molecule has 0 radical (unpaired) electrons. The normalized spacial score (nSPS) is 11.7. The minimum absolute atomic E-state index is 1.23. The van der Waals surface area contributed by atoms with Gasteiger partial charge in [0.25, 0.3) is 0 Å². The summed E-state index contributed by atoms with van der Waals surface area (Å²) in [5.74, 6) is 0. The summed E-state index contributed by atoms with van der Waals surface area (Å²) in [6.07, 6.45) is 0. The molecule has 0 saturated carbocycles. The summed E-state index contributed by atoms with van der Waals surface area (Å²) < 4.78 is 8.05. The summed E-state index contributed by atoms with van der Waals surface area (Å²) in [6, 6.07) is 174. The Kier molecular flexibility index (Phi) is 18.6. The smallest absolute Gasteiger partial charge is 0.0433 e. The molecule has 0 fully saturated rings. The fourth-order valence-corrected chi connectivity index (χ4v) is 23.8. The Morgan fingerprint density at radius 3 is 0.721 bits per heavy atom. The van der Waals surface area contributed by atoms with E-state index >= 15 is 0 Å². The van der Waals surface area contributed by atoms with E-state index in [1.54, 1.807) is 0 Å². The molecule has 0 bridgehead atoms. The first-order valence-electron chi connectivity index (χ1n) is 44.3. The van der Waals surface area contributed by atoms with E-state index in [2.05, 4.69) is 473 Å². The van der Waals surface area contributed by atoms with Gasteiger partial charge in [-0.15, -0.1) is 34.0 Å². The van der Waals surface area contributed by atoms with E-state index in [0.29, 0.717) is 0 Å². The first kappa shape index (κ1) is 75.8. The van der Waals surface area contributed by atoms with E-state index in [4.69, 9.17) is 0 Å². The molecule has 0 unspecified atom stereocenters. The second-order valence-corrected chi connectivity index (χ2v) is 37.1. The molecule has 0 aliphatic carbocycles. The van der Waals surface area contributed by atoms with Crippen LogP contribution in [0.2, 0.25) is 0 Å². The first-order chi connectivity index (χ1) is 63.9. The first-order valence-corrected chi connectivity index (χ1v) is 46.7. The van der Waals surface area contributed by atoms with Crippen LogP contribution in [0, 0.1) is 0 Å². The van der Waals surface area contributed by atoms with Crippen LogP contribution in [0.3, 0.4) is 0 Å². The Hall–Kier alpha value is -15.7. The lowest BCUT2D eigenvalue weighted by Crippen LogP contribution is -1.86. The summed E-state index contributed by atoms with van der Waals surface area (Å²) in [4.78, 5) is 0. The molecular formula is C126H78S3. The molecule has 600 valence electrons. The molecule has 0 N–H and O–H groups in total. The zero-order valence-electron chi connectivity index (χ0n) is 70.3. The molecule has 0 aliphatic rings. The second kappa shape index (κ2) is 31.7. The number of fused-ring (bicyclic) bond motifs is 27. The lowest BCUT2D eigenvalue weighted by Gasteiger charge is -2.13. The monoisotopic (exact) mass is 1690 g/mol. The molecular weight excluding hydrogens is 1610 g/mol. The van der Waals surface area contributed by atoms with Crippen molar-refractivity contribution < 1.29 is 0 Å². The summed E-state index contributed by atoms with van der Waals surface area (Å²) in [6.45, 7) is 0. The number of hydrogen-bond donors (Lipinski definition) is 0. The predicted octanol–water partition coefficient (Wildman–Crippen LogP) is 37.5. The van der Waals surface area contributed by atoms with Gasteiger partial charge in [-0.2, -0.15) is 0 Å². The Morgan fingerprint density at radius 1 is 0.101 bits per heavy atom. The summed E-state index contributed by atoms with van der Waals surface area (Å²) >= 11 is 5.62. The van der Waals surface area contributed by atoms with Gasteiger partial charge in [-0.1, -0.05) is 394 Å². The van der Waals surface area contributed by atoms with Gasteiger partial charge in [-0.3, -0.25) is 0 Å². The van der Waals surface area contributed by atoms with E-state index in [-0.39, 0.29) is 0 Å². The van der Waals surface area contributed by atoms with Crippen LogP contribution in [0.5, 0.6) is 0 Å². The van der Waals surface area contributed by atoms with Gasteiger partial charge in [-0.05, 0) is 276 Å². The molecule has 0 saturated heterocycles. The molecule has 0 atom stereocenters. The minimum Gasteiger partial charge on any atom is -0.135 e. The van der Waals surface area contributed by atoms with E-state index in [1.165, 1.54) is 258 Å². The topological polar surface area (TPSA) is 0 Å². The molecule has 129 heavy (non-hydrogen) atoms. The Labute approximate surface area is 758 Å². The van der Waals surface area contributed by atoms with E-state index in [1.807, 2.05) is 34.0 Å². The predicted molar refractivity (Wildman–Crippen MR) is 564 cm³/mol. The number of hydrogen-bond acceptors (Lipinski definition) is 3. The number of rotatable bonds is 9. The minimum atomic E-state index is 1.23. The average molecular weight is 1690 g/mol. The van der Waals surface area contributed by atoms with E-state index in [0.717, 1.165) is 0 Å². The molecule has 3 aromatic heterocycles. The van der Waals surface area contributed by atoms with Gasteiger partial charge in [-0.25, -0.2) is 0 Å². The van der Waals surface area contributed by atoms with Gasteiger partial charge in [0.2, 0.25) is 0 Å². The van der Waals surface area contributed by atoms with E-state index < -0.39 is 0 Å². The zero-order valence-corrected chi connectivity index (χ0v) is 72.7. The molecule has 24 aromatic carbocycles. The molecule has 3 heteroatoms. The van der Waals surface area contributed by atoms with Crippen molar-refractivity contribution in [2.45, 2.75) is 0 Å². The van der Waals surface area contributed by atoms with Crippen LogP contribution in [0.4, 0.5) is 0 Å². The highest BCUT2D eigenvalue weighted by molar-refractivity contribution is 7.27. The summed E-state index contributed by atoms with van der Waals surface area (Å²) in [5, 5.41) is 31.6. The number of benzene rings is 24. The Morgan fingerprint density at radius 2 is 0.318 bits per heavy atom. The van der Waals surface area contributed by atoms with Gasteiger partial charge >= 0.3 is 0 Å². The van der Waals surface area contributed by atoms with Crippen molar-refractivity contribution in [3.05, 3.63) is 473 Å². The van der Waals surface area contributed by atoms with Crippen LogP contribution < -0.4 is 0 Å². The van der Waals surface area contributed by atoms with Crippen LogP contribution in [-0.4, -0.2) is 0 Å². The fourth-order valence-electron chi connectivity index (χ4n) is 20.4. The van der Waals surface area contributed by atoms with Crippen LogP contribution in [0.1, 0.15) is 0 Å². The third-order valence-corrected chi connectivity index (χ3v) is 30.1. The quantitative estimate of drug-likeness (QED) is 0.126. The zero-order chi connectivity index (χ0) is 85.0. The van der Waals surface area contributed by atoms with Crippen molar-refractivity contribution in [1.82, 2.24) is 0 Å². The maximum absolute atomic E-state index is 2.38. The lowest BCUT2D eigenvalue weighted by molar-refractivity contribution is 1.59. The van der Waals surface area contributed by atoms with Gasteiger partial charge < -0.3 is 0 Å². The van der Waals surface area contributed by atoms with Crippen LogP contribution in [0.15, 0.2) is 473 Å². The van der Waals surface area contributed by atoms with Crippen LogP contribution in [0.25, 0.3) is 258 Å². The third kappa shape index (κ3) is 13.4. The summed E-state index contributed by atoms with van der Waals surface area (Å²) in [5.41, 5.74) is 22.4. The standard InChI is InChI=1S/3C42H26S/c1-2-16-35-33(14-1)34-15-3-4-17-36(34)39-26-30(22-23-37(35)39)28-11-7-10-27(24-28)29-12-8-13-31(25-29)32-19-9-21-41-42(32)38-18-5-6-20-40(38)43-41;1-2-13-35-33(11-1)34-12-3-4-14-36(34)40-26-30(23-24-37(35)40)28-21-19-27(20-22-28)29-9-7-10-31(25-29)32-16-8-17-39-38-15-5-6-18-41(38)43-42(32)39;1-2-12-35-33(10-1)34-11-3-4-13-36(34)39-25-31(20-22-37(35)39)28-18-16-27(17-19-28)29-8-7-9-30(24-29)32-21-23-42-40(26-32)38-14-5-6-15-41(38)43-42/h3*1-26H. The average Bonchev–Trinajstić information content (AvgIpc) is 1.69. The molecule has 0 aliphatic heterocycles. The Balaban J connectivity index is 0.000000105. The second-order valence-electron chi connectivity index (χ2n) is 33.9. The van der Waals surface area contributed by atoms with Crippen molar-refractivity contribution in [2.24, 2.45) is 0 Å². The Bertz CT molecular complexity index is 9080. The SMILES string of the molecule is c1cc(-c2ccc(-c3ccc4c5ccccc5c5ccccc5c4c3)cc2)cc(-c2ccc3sc4ccccc4c3c2)c1.c1cc(-c2ccc(-c3ccc4c5ccccc5c5ccccc5c4c3)cc2)cc(-c2cccc3c2sc2ccccc23)c1.c1cc(-c2cccc(-c3cccc4sc5ccccc5c34)c2)cc(-c2ccc3c4ccccc4c4ccccc4c3c2)c1. The molecule has 0 amide bonds. The molecule has 3 heterocycles. The number of thiophene rings is 3. The maximum atomic E-state index is 2.38. The highest BCUT2D eigenvalue weighted by atomic mass is 32.1. The molecule has 0 spiro atoms. The van der Waals surface area contributed by atoms with Crippen LogP contribution >= 0.6 is 34.0 Å². The van der Waals surface area contributed by atoms with Crippen molar-refractivity contribution >= 4 is 191 Å². The van der Waals surface area contributed by atoms with E-state index in [9.17, 15) is 0 Å². The van der Waals surface area contributed by atoms with Crippen molar-refractivity contribution in [2.75, 3.05) is 0 Å². The molecule has 27 aromatic rings. The fraction of sp³-hybridized carbons (Fsp3) is 0. The highest BCUT2D eigenvalue weighted by Gasteiger charge is 2.19. The van der Waals surface area contributed by atoms with Crippen molar-refractivity contribution in [3.8, 4) is 100 Å². The van der Waals surface area contributed by atoms with Gasteiger partial charge in [0, 0.05) is 60.5 Å². The summed E-state index contributed by atoms with van der Waals surface area (Å²) in [7, 11) is 0. The van der Waals surface area contributed by atoms with Gasteiger partial charge in [0.1, 0.15) is 0 Å². The van der Waals surface area contributed by atoms with Crippen LogP contribution in [-0.2, 0) is 0 Å². The lowest BCUT2D eigenvalue weighted by atomic mass is 9.91. The molecule has 0 nitrogen and oxygen atoms in total. The third-order valence-electron chi connectivity index (χ3n) is 26.6. The van der Waals surface area contributed by atoms with Gasteiger partial charge in [0.05, 0.1) is 0 Å². The highest BCUT2D eigenvalue weighted by Crippen LogP contribution is 2.47. The van der Waals surface area contributed by atoms with Gasteiger partial charge in [0.15, 0.2) is 0 Å². The molecule has 27 rings (SSSR count). The largest absolute Gasteiger partial charge is 0.135 e. The van der Waals surface area contributed by atoms with Crippen molar-refractivity contribution in [1.29, 1.82) is 0 Å².